The molecule has 2 aromatic heterocycles. The van der Waals surface area contributed by atoms with Crippen LogP contribution in [0.4, 0.5) is 5.82 Å². The minimum atomic E-state index is -0.141. The lowest BCUT2D eigenvalue weighted by molar-refractivity contribution is 0.0710. The zero-order chi connectivity index (χ0) is 23.5. The lowest BCUT2D eigenvalue weighted by atomic mass is 9.92. The summed E-state index contributed by atoms with van der Waals surface area (Å²) in [5.74, 6) is 0.508. The average molecular weight is 450 g/mol. The summed E-state index contributed by atoms with van der Waals surface area (Å²) in [6.45, 7) is 7.67. The number of fused-ring (bicyclic) bond motifs is 1. The molecule has 3 aromatic rings. The van der Waals surface area contributed by atoms with Crippen LogP contribution in [0.1, 0.15) is 34.0 Å². The fourth-order valence-electron chi connectivity index (χ4n) is 4.12. The van der Waals surface area contributed by atoms with E-state index in [-0.39, 0.29) is 11.7 Å². The summed E-state index contributed by atoms with van der Waals surface area (Å²) < 4.78 is 6.84. The Hall–Kier alpha value is -3.30. The standard InChI is InChI=1S/C24H31N7O2/c1-5-33-9-8-30(4)24(32)19-12-27-31(15-19)23-22(25)26-13-21(28-23)17-10-16(2)20-6-7-29(3)14-18(20)11-17/h10-13,15H,5-9,14H2,1-4H3,(H2,25,26). The van der Waals surface area contributed by atoms with Gasteiger partial charge in [0.15, 0.2) is 11.6 Å². The number of nitrogens with zero attached hydrogens (tertiary/aromatic N) is 6. The number of rotatable bonds is 7. The molecule has 0 atom stereocenters. The topological polar surface area (TPSA) is 102 Å². The average Bonchev–Trinajstić information content (AvgIpc) is 3.28. The molecule has 1 amide bonds. The SMILES string of the molecule is CCOCCN(C)C(=O)c1cnn(-c2nc(-c3cc(C)c4c(c3)CN(C)CC4)cnc2N)c1. The number of hydrogen-bond donors (Lipinski definition) is 1. The van der Waals surface area contributed by atoms with Gasteiger partial charge in [-0.05, 0) is 56.1 Å². The van der Waals surface area contributed by atoms with Crippen LogP contribution in [-0.2, 0) is 17.7 Å². The van der Waals surface area contributed by atoms with E-state index in [4.69, 9.17) is 15.5 Å². The van der Waals surface area contributed by atoms with Crippen LogP contribution < -0.4 is 5.73 Å². The molecular formula is C24H31N7O2. The first-order valence-corrected chi connectivity index (χ1v) is 11.2. The van der Waals surface area contributed by atoms with Gasteiger partial charge in [-0.25, -0.2) is 14.6 Å². The number of carbonyl (C=O) groups excluding carboxylic acids is 1. The summed E-state index contributed by atoms with van der Waals surface area (Å²) in [7, 11) is 3.88. The Labute approximate surface area is 194 Å². The van der Waals surface area contributed by atoms with Gasteiger partial charge in [-0.3, -0.25) is 4.79 Å². The molecule has 0 spiro atoms. The van der Waals surface area contributed by atoms with Gasteiger partial charge in [0.1, 0.15) is 0 Å². The highest BCUT2D eigenvalue weighted by molar-refractivity contribution is 5.93. The molecule has 1 aliphatic heterocycles. The number of aryl methyl sites for hydroxylation is 1. The maximum absolute atomic E-state index is 12.7. The lowest BCUT2D eigenvalue weighted by Crippen LogP contribution is -2.29. The van der Waals surface area contributed by atoms with Crippen LogP contribution in [0, 0.1) is 6.92 Å². The van der Waals surface area contributed by atoms with Crippen molar-refractivity contribution in [1.82, 2.24) is 29.5 Å². The van der Waals surface area contributed by atoms with Crippen LogP contribution in [-0.4, -0.2) is 75.9 Å². The Morgan fingerprint density at radius 3 is 2.91 bits per heavy atom. The molecule has 3 heterocycles. The third-order valence-electron chi connectivity index (χ3n) is 5.99. The molecule has 9 heteroatoms. The number of amides is 1. The quantitative estimate of drug-likeness (QED) is 0.552. The van der Waals surface area contributed by atoms with Crippen molar-refractivity contribution in [1.29, 1.82) is 0 Å². The van der Waals surface area contributed by atoms with Gasteiger partial charge in [-0.2, -0.15) is 5.10 Å². The van der Waals surface area contributed by atoms with E-state index in [9.17, 15) is 4.79 Å². The lowest BCUT2D eigenvalue weighted by Gasteiger charge is -2.27. The van der Waals surface area contributed by atoms with E-state index >= 15 is 0 Å². The normalized spacial score (nSPS) is 13.7. The highest BCUT2D eigenvalue weighted by atomic mass is 16.5. The van der Waals surface area contributed by atoms with Gasteiger partial charge in [0.25, 0.3) is 5.91 Å². The monoisotopic (exact) mass is 449 g/mol. The molecule has 9 nitrogen and oxygen atoms in total. The number of nitrogen functional groups attached to an aromatic ring is 1. The number of benzene rings is 1. The molecule has 0 saturated carbocycles. The minimum absolute atomic E-state index is 0.141. The molecule has 1 aromatic carbocycles. The molecule has 33 heavy (non-hydrogen) atoms. The van der Waals surface area contributed by atoms with Crippen molar-refractivity contribution in [2.45, 2.75) is 26.8 Å². The Morgan fingerprint density at radius 2 is 2.12 bits per heavy atom. The number of ether oxygens (including phenoxy) is 1. The highest BCUT2D eigenvalue weighted by Gasteiger charge is 2.19. The van der Waals surface area contributed by atoms with E-state index in [0.29, 0.717) is 31.1 Å². The van der Waals surface area contributed by atoms with Crippen LogP contribution in [0.5, 0.6) is 0 Å². The van der Waals surface area contributed by atoms with Crippen molar-refractivity contribution in [3.05, 3.63) is 53.0 Å². The summed E-state index contributed by atoms with van der Waals surface area (Å²) in [6, 6.07) is 4.34. The molecule has 0 fully saturated rings. The Balaban J connectivity index is 1.61. The molecule has 0 radical (unpaired) electrons. The summed E-state index contributed by atoms with van der Waals surface area (Å²) in [6.07, 6.45) is 5.90. The van der Waals surface area contributed by atoms with Crippen molar-refractivity contribution < 1.29 is 9.53 Å². The number of hydrogen-bond acceptors (Lipinski definition) is 7. The highest BCUT2D eigenvalue weighted by Crippen LogP contribution is 2.29. The van der Waals surface area contributed by atoms with Crippen molar-refractivity contribution in [3.8, 4) is 17.1 Å². The number of anilines is 1. The molecule has 2 N–H and O–H groups in total. The van der Waals surface area contributed by atoms with E-state index < -0.39 is 0 Å². The first-order chi connectivity index (χ1) is 15.9. The van der Waals surface area contributed by atoms with Crippen LogP contribution in [0.2, 0.25) is 0 Å². The first kappa shape index (κ1) is 22.9. The Morgan fingerprint density at radius 1 is 1.30 bits per heavy atom. The van der Waals surface area contributed by atoms with E-state index in [2.05, 4.69) is 41.1 Å². The molecule has 0 aliphatic carbocycles. The van der Waals surface area contributed by atoms with Crippen LogP contribution in [0.3, 0.4) is 0 Å². The number of nitrogens with two attached hydrogens (primary N) is 1. The Kier molecular flexibility index (Phi) is 6.71. The number of carbonyl (C=O) groups is 1. The van der Waals surface area contributed by atoms with Gasteiger partial charge in [0.2, 0.25) is 0 Å². The fourth-order valence-corrected chi connectivity index (χ4v) is 4.12. The second kappa shape index (κ2) is 9.68. The molecule has 1 aliphatic rings. The smallest absolute Gasteiger partial charge is 0.256 e. The van der Waals surface area contributed by atoms with Crippen LogP contribution in [0.25, 0.3) is 17.1 Å². The van der Waals surface area contributed by atoms with Crippen molar-refractivity contribution in [3.63, 3.8) is 0 Å². The molecule has 0 unspecified atom stereocenters. The van der Waals surface area contributed by atoms with Gasteiger partial charge in [0, 0.05) is 45.0 Å². The van der Waals surface area contributed by atoms with E-state index in [0.717, 1.165) is 30.8 Å². The fraction of sp³-hybridized carbons (Fsp3) is 0.417. The molecule has 0 bridgehead atoms. The van der Waals surface area contributed by atoms with Crippen molar-refractivity contribution >= 4 is 11.7 Å². The second-order valence-electron chi connectivity index (χ2n) is 8.48. The van der Waals surface area contributed by atoms with Gasteiger partial charge < -0.3 is 20.3 Å². The third-order valence-corrected chi connectivity index (χ3v) is 5.99. The van der Waals surface area contributed by atoms with E-state index in [1.165, 1.54) is 27.6 Å². The predicted molar refractivity (Wildman–Crippen MR) is 127 cm³/mol. The minimum Gasteiger partial charge on any atom is -0.381 e. The molecule has 0 saturated heterocycles. The van der Waals surface area contributed by atoms with Gasteiger partial charge >= 0.3 is 0 Å². The summed E-state index contributed by atoms with van der Waals surface area (Å²) in [5.41, 5.74) is 12.3. The Bertz CT molecular complexity index is 1160. The first-order valence-electron chi connectivity index (χ1n) is 11.2. The molecule has 174 valence electrons. The van der Waals surface area contributed by atoms with Crippen molar-refractivity contribution in [2.75, 3.05) is 46.1 Å². The summed E-state index contributed by atoms with van der Waals surface area (Å²) in [4.78, 5) is 25.7. The zero-order valence-electron chi connectivity index (χ0n) is 19.7. The van der Waals surface area contributed by atoms with Gasteiger partial charge in [-0.15, -0.1) is 0 Å². The number of aromatic nitrogens is 4. The molecular weight excluding hydrogens is 418 g/mol. The summed E-state index contributed by atoms with van der Waals surface area (Å²) in [5, 5.41) is 4.33. The zero-order valence-corrected chi connectivity index (χ0v) is 19.7. The number of likely N-dealkylation sites (N-methyl/N-ethyl adjacent to an activating group) is 2. The van der Waals surface area contributed by atoms with Crippen LogP contribution >= 0.6 is 0 Å². The third kappa shape index (κ3) is 4.89. The molecule has 4 rings (SSSR count). The van der Waals surface area contributed by atoms with Gasteiger partial charge in [-0.1, -0.05) is 0 Å². The van der Waals surface area contributed by atoms with E-state index in [1.54, 1.807) is 24.3 Å². The second-order valence-corrected chi connectivity index (χ2v) is 8.48. The van der Waals surface area contributed by atoms with Gasteiger partial charge in [0.05, 0.1) is 30.3 Å². The van der Waals surface area contributed by atoms with Crippen LogP contribution in [0.15, 0.2) is 30.7 Å². The largest absolute Gasteiger partial charge is 0.381 e. The maximum atomic E-state index is 12.7. The predicted octanol–water partition coefficient (Wildman–Crippen LogP) is 2.32. The maximum Gasteiger partial charge on any atom is 0.256 e. The van der Waals surface area contributed by atoms with E-state index in [1.807, 2.05) is 6.92 Å². The summed E-state index contributed by atoms with van der Waals surface area (Å²) >= 11 is 0. The van der Waals surface area contributed by atoms with Crippen molar-refractivity contribution in [2.24, 2.45) is 0 Å².